The summed E-state index contributed by atoms with van der Waals surface area (Å²) in [5.41, 5.74) is -4.27. The molecular weight excluding hydrogens is 471 g/mol. The summed E-state index contributed by atoms with van der Waals surface area (Å²) in [6.45, 7) is 2.82. The normalized spacial score (nSPS) is 31.1. The molecule has 3 saturated carbocycles. The molecular formula is C22H24F3N5O3S. The number of rotatable bonds is 4. The van der Waals surface area contributed by atoms with Crippen molar-refractivity contribution in [2.75, 3.05) is 26.2 Å². The van der Waals surface area contributed by atoms with Gasteiger partial charge in [-0.15, -0.1) is 0 Å². The fourth-order valence-electron chi connectivity index (χ4n) is 6.52. The van der Waals surface area contributed by atoms with Crippen molar-refractivity contribution in [2.45, 2.75) is 47.4 Å². The van der Waals surface area contributed by atoms with Gasteiger partial charge in [0.15, 0.2) is 0 Å². The van der Waals surface area contributed by atoms with E-state index in [2.05, 4.69) is 15.2 Å². The Morgan fingerprint density at radius 3 is 2.32 bits per heavy atom. The van der Waals surface area contributed by atoms with E-state index in [9.17, 15) is 26.4 Å². The van der Waals surface area contributed by atoms with Gasteiger partial charge in [-0.1, -0.05) is 12.1 Å². The average molecular weight is 496 g/mol. The van der Waals surface area contributed by atoms with Crippen LogP contribution in [0.2, 0.25) is 0 Å². The molecule has 3 heterocycles. The van der Waals surface area contributed by atoms with Gasteiger partial charge in [-0.3, -0.25) is 5.10 Å². The van der Waals surface area contributed by atoms with E-state index in [0.29, 0.717) is 19.0 Å². The number of hydrogen-bond acceptors (Lipinski definition) is 5. The Hall–Kier alpha value is -2.63. The highest BCUT2D eigenvalue weighted by atomic mass is 32.2. The van der Waals surface area contributed by atoms with Crippen LogP contribution in [0.15, 0.2) is 35.5 Å². The number of hydrogen-bond donors (Lipinski definition) is 1. The van der Waals surface area contributed by atoms with Crippen LogP contribution < -0.4 is 0 Å². The number of nitrogens with zero attached hydrogens (tertiary/aromatic N) is 4. The molecule has 34 heavy (non-hydrogen) atoms. The molecule has 1 N–H and O–H groups in total. The first-order valence-corrected chi connectivity index (χ1v) is 12.8. The Morgan fingerprint density at radius 2 is 1.74 bits per heavy atom. The highest BCUT2D eigenvalue weighted by Crippen LogP contribution is 2.77. The van der Waals surface area contributed by atoms with Gasteiger partial charge in [-0.25, -0.2) is 18.2 Å². The van der Waals surface area contributed by atoms with Crippen LogP contribution in [-0.2, 0) is 15.3 Å². The highest BCUT2D eigenvalue weighted by molar-refractivity contribution is 7.92. The van der Waals surface area contributed by atoms with Gasteiger partial charge in [0.05, 0.1) is 4.90 Å². The molecule has 1 aromatic carbocycles. The first kappa shape index (κ1) is 21.9. The number of halogens is 3. The van der Waals surface area contributed by atoms with Crippen molar-refractivity contribution in [1.82, 2.24) is 25.0 Å². The second-order valence-electron chi connectivity index (χ2n) is 10.3. The van der Waals surface area contributed by atoms with Crippen molar-refractivity contribution in [3.63, 3.8) is 0 Å². The van der Waals surface area contributed by atoms with Crippen molar-refractivity contribution >= 4 is 15.9 Å². The zero-order valence-electron chi connectivity index (χ0n) is 18.3. The molecule has 7 rings (SSSR count). The predicted molar refractivity (Wildman–Crippen MR) is 113 cm³/mol. The van der Waals surface area contributed by atoms with Crippen molar-refractivity contribution in [3.8, 4) is 0 Å². The zero-order valence-corrected chi connectivity index (χ0v) is 19.1. The quantitative estimate of drug-likeness (QED) is 0.703. The summed E-state index contributed by atoms with van der Waals surface area (Å²) in [6.07, 6.45) is 5.17. The van der Waals surface area contributed by atoms with E-state index in [4.69, 9.17) is 0 Å². The first-order valence-electron chi connectivity index (χ1n) is 11.3. The van der Waals surface area contributed by atoms with Crippen molar-refractivity contribution in [2.24, 2.45) is 11.3 Å². The van der Waals surface area contributed by atoms with Crippen LogP contribution in [0.5, 0.6) is 0 Å². The van der Waals surface area contributed by atoms with E-state index < -0.39 is 20.2 Å². The molecule has 2 bridgehead atoms. The third-order valence-electron chi connectivity index (χ3n) is 8.45. The van der Waals surface area contributed by atoms with Gasteiger partial charge in [0, 0.05) is 32.1 Å². The van der Waals surface area contributed by atoms with E-state index >= 15 is 0 Å². The minimum atomic E-state index is -5.32. The Labute approximate surface area is 194 Å². The van der Waals surface area contributed by atoms with Crippen LogP contribution in [0.25, 0.3) is 0 Å². The number of amides is 2. The molecule has 0 radical (unpaired) electrons. The number of sulfone groups is 1. The largest absolute Gasteiger partial charge is 0.501 e. The standard InChI is InChI=1S/C22H24F3N5O3S/c23-22(24,25)34(32,33)17-3-1-15(2-4-17)20-10-21(11-20,12-20)16-8-30(9-16)19(31)29-6-5-14(7-29)18-26-13-27-28-18/h1-4,13-14,16H,5-12H2,(H,26,27,28)/t14-,20?,21?/m0/s1. The van der Waals surface area contributed by atoms with Gasteiger partial charge < -0.3 is 9.80 Å². The van der Waals surface area contributed by atoms with E-state index in [1.54, 1.807) is 0 Å². The predicted octanol–water partition coefficient (Wildman–Crippen LogP) is 3.06. The van der Waals surface area contributed by atoms with Crippen molar-refractivity contribution in [3.05, 3.63) is 42.0 Å². The lowest BCUT2D eigenvalue weighted by Gasteiger charge is -2.76. The highest BCUT2D eigenvalue weighted by Gasteiger charge is 2.72. The molecule has 2 amide bonds. The number of benzene rings is 1. The van der Waals surface area contributed by atoms with Crippen LogP contribution in [-0.4, -0.2) is 71.1 Å². The number of urea groups is 1. The number of carbonyl (C=O) groups is 1. The smallest absolute Gasteiger partial charge is 0.324 e. The molecule has 1 aromatic heterocycles. The lowest BCUT2D eigenvalue weighted by molar-refractivity contribution is -0.206. The Bertz CT molecular complexity index is 1200. The Balaban J connectivity index is 1.03. The van der Waals surface area contributed by atoms with E-state index in [1.165, 1.54) is 18.5 Å². The molecule has 2 aliphatic heterocycles. The van der Waals surface area contributed by atoms with Crippen LogP contribution in [0, 0.1) is 11.3 Å². The second kappa shape index (κ2) is 6.96. The molecule has 2 saturated heterocycles. The monoisotopic (exact) mass is 495 g/mol. The first-order chi connectivity index (χ1) is 16.0. The summed E-state index contributed by atoms with van der Waals surface area (Å²) in [6, 6.07) is 5.25. The summed E-state index contributed by atoms with van der Waals surface area (Å²) < 4.78 is 61.5. The molecule has 12 heteroatoms. The maximum atomic E-state index is 12.9. The van der Waals surface area contributed by atoms with E-state index in [1.807, 2.05) is 9.80 Å². The maximum absolute atomic E-state index is 12.9. The number of carbonyl (C=O) groups excluding carboxylic acids is 1. The van der Waals surface area contributed by atoms with Gasteiger partial charge >= 0.3 is 11.5 Å². The molecule has 0 spiro atoms. The molecule has 1 atom stereocenters. The van der Waals surface area contributed by atoms with Gasteiger partial charge in [0.25, 0.3) is 9.84 Å². The third kappa shape index (κ3) is 3.03. The third-order valence-corrected chi connectivity index (χ3v) is 9.95. The Morgan fingerprint density at radius 1 is 1.06 bits per heavy atom. The molecule has 5 aliphatic rings. The average Bonchev–Trinajstić information content (AvgIpc) is 3.38. The van der Waals surface area contributed by atoms with Crippen LogP contribution in [0.1, 0.15) is 43.0 Å². The number of likely N-dealkylation sites (tertiary alicyclic amines) is 2. The number of aromatic amines is 1. The maximum Gasteiger partial charge on any atom is 0.501 e. The summed E-state index contributed by atoms with van der Waals surface area (Å²) in [5.74, 6) is 1.45. The topological polar surface area (TPSA) is 99.3 Å². The molecule has 0 unspecified atom stereocenters. The zero-order chi connectivity index (χ0) is 23.9. The molecule has 3 aliphatic carbocycles. The second-order valence-corrected chi connectivity index (χ2v) is 12.3. The summed E-state index contributed by atoms with van der Waals surface area (Å²) in [7, 11) is -5.32. The van der Waals surface area contributed by atoms with Gasteiger partial charge in [0.1, 0.15) is 12.2 Å². The van der Waals surface area contributed by atoms with Crippen LogP contribution in [0.4, 0.5) is 18.0 Å². The number of nitrogens with one attached hydrogen (secondary N) is 1. The molecule has 182 valence electrons. The minimum absolute atomic E-state index is 0.0653. The van der Waals surface area contributed by atoms with Crippen LogP contribution >= 0.6 is 0 Å². The molecule has 5 fully saturated rings. The van der Waals surface area contributed by atoms with E-state index in [-0.39, 0.29) is 22.8 Å². The summed E-state index contributed by atoms with van der Waals surface area (Å²) in [5, 5.41) is 6.77. The lowest BCUT2D eigenvalue weighted by atomic mass is 9.30. The van der Waals surface area contributed by atoms with E-state index in [0.717, 1.165) is 62.3 Å². The molecule has 8 nitrogen and oxygen atoms in total. The van der Waals surface area contributed by atoms with Crippen molar-refractivity contribution < 1.29 is 26.4 Å². The Kier molecular flexibility index (Phi) is 4.47. The van der Waals surface area contributed by atoms with Gasteiger partial charge in [-0.2, -0.15) is 18.3 Å². The van der Waals surface area contributed by atoms with Gasteiger partial charge in [0.2, 0.25) is 0 Å². The van der Waals surface area contributed by atoms with Crippen LogP contribution in [0.3, 0.4) is 0 Å². The summed E-state index contributed by atoms with van der Waals surface area (Å²) in [4.78, 5) is 20.1. The minimum Gasteiger partial charge on any atom is -0.324 e. The number of aromatic nitrogens is 3. The van der Waals surface area contributed by atoms with Crippen molar-refractivity contribution in [1.29, 1.82) is 0 Å². The summed E-state index contributed by atoms with van der Waals surface area (Å²) >= 11 is 0. The van der Waals surface area contributed by atoms with Gasteiger partial charge in [-0.05, 0) is 60.1 Å². The lowest BCUT2D eigenvalue weighted by Crippen LogP contribution is -2.73. The number of H-pyrrole nitrogens is 1. The SMILES string of the molecule is O=C(N1CC(C23CC(c4ccc(S(=O)(=O)C(F)(F)F)cc4)(C2)C3)C1)N1CC[C@H](c2ncn[nH]2)C1. The molecule has 2 aromatic rings. The number of alkyl halides is 3. The fourth-order valence-corrected chi connectivity index (χ4v) is 7.28. The fraction of sp³-hybridized carbons (Fsp3) is 0.591.